The van der Waals surface area contributed by atoms with Gasteiger partial charge in [0.15, 0.2) is 0 Å². The van der Waals surface area contributed by atoms with Crippen molar-refractivity contribution in [3.05, 3.63) is 29.8 Å². The van der Waals surface area contributed by atoms with Gasteiger partial charge in [-0.3, -0.25) is 0 Å². The fourth-order valence-corrected chi connectivity index (χ4v) is 2.76. The zero-order chi connectivity index (χ0) is 19.6. The molecule has 0 heterocycles. The molecule has 3 N–H and O–H groups in total. The maximum absolute atomic E-state index is 12.1. The first-order valence-electron chi connectivity index (χ1n) is 8.17. The zero-order valence-electron chi connectivity index (χ0n) is 15.1. The Morgan fingerprint density at radius 3 is 2.62 bits per heavy atom. The minimum Gasteiger partial charge on any atom is -0.450 e. The van der Waals surface area contributed by atoms with E-state index in [0.717, 1.165) is 0 Å². The summed E-state index contributed by atoms with van der Waals surface area (Å²) in [6, 6.07) is 6.43. The SMILES string of the molecule is CCOC(=O)NCCP(=O)(O)Oc1cccc(CNC(=O)OC(C)C)c1. The van der Waals surface area contributed by atoms with Crippen LogP contribution < -0.4 is 15.2 Å². The minimum atomic E-state index is -3.95. The first kappa shape index (κ1) is 21.8. The molecule has 1 rings (SSSR count). The van der Waals surface area contributed by atoms with Gasteiger partial charge in [-0.1, -0.05) is 12.1 Å². The highest BCUT2D eigenvalue weighted by Gasteiger charge is 2.21. The zero-order valence-corrected chi connectivity index (χ0v) is 16.0. The van der Waals surface area contributed by atoms with Crippen molar-refractivity contribution in [1.82, 2.24) is 10.6 Å². The highest BCUT2D eigenvalue weighted by atomic mass is 31.2. The highest BCUT2D eigenvalue weighted by Crippen LogP contribution is 2.42. The number of hydrogen-bond acceptors (Lipinski definition) is 6. The van der Waals surface area contributed by atoms with Gasteiger partial charge >= 0.3 is 19.8 Å². The average molecular weight is 388 g/mol. The average Bonchev–Trinajstić information content (AvgIpc) is 2.52. The van der Waals surface area contributed by atoms with E-state index in [2.05, 4.69) is 15.4 Å². The summed E-state index contributed by atoms with van der Waals surface area (Å²) < 4.78 is 26.8. The molecule has 26 heavy (non-hydrogen) atoms. The summed E-state index contributed by atoms with van der Waals surface area (Å²) in [4.78, 5) is 32.5. The molecule has 9 nitrogen and oxygen atoms in total. The molecule has 1 atom stereocenters. The van der Waals surface area contributed by atoms with Gasteiger partial charge in [0.25, 0.3) is 0 Å². The van der Waals surface area contributed by atoms with Gasteiger partial charge < -0.3 is 29.5 Å². The van der Waals surface area contributed by atoms with Crippen LogP contribution in [0, 0.1) is 0 Å². The van der Waals surface area contributed by atoms with Crippen molar-refractivity contribution < 1.29 is 33.0 Å². The number of ether oxygens (including phenoxy) is 2. The predicted octanol–water partition coefficient (Wildman–Crippen LogP) is 2.63. The topological polar surface area (TPSA) is 123 Å². The van der Waals surface area contributed by atoms with E-state index in [1.54, 1.807) is 32.9 Å². The Morgan fingerprint density at radius 1 is 1.23 bits per heavy atom. The van der Waals surface area contributed by atoms with Gasteiger partial charge in [-0.2, -0.15) is 0 Å². The molecule has 1 unspecified atom stereocenters. The van der Waals surface area contributed by atoms with E-state index in [4.69, 9.17) is 9.26 Å². The van der Waals surface area contributed by atoms with Crippen LogP contribution in [0.3, 0.4) is 0 Å². The van der Waals surface area contributed by atoms with E-state index < -0.39 is 19.8 Å². The lowest BCUT2D eigenvalue weighted by atomic mass is 10.2. The lowest BCUT2D eigenvalue weighted by Gasteiger charge is -2.15. The summed E-state index contributed by atoms with van der Waals surface area (Å²) >= 11 is 0. The third-order valence-corrected chi connectivity index (χ3v) is 4.15. The van der Waals surface area contributed by atoms with Gasteiger partial charge in [0.1, 0.15) is 5.75 Å². The highest BCUT2D eigenvalue weighted by molar-refractivity contribution is 7.53. The van der Waals surface area contributed by atoms with Crippen LogP contribution in [0.15, 0.2) is 24.3 Å². The van der Waals surface area contributed by atoms with E-state index in [-0.39, 0.29) is 37.7 Å². The molecule has 146 valence electrons. The van der Waals surface area contributed by atoms with Crippen molar-refractivity contribution in [1.29, 1.82) is 0 Å². The number of carbonyl (C=O) groups excluding carboxylic acids is 2. The van der Waals surface area contributed by atoms with Crippen LogP contribution in [-0.4, -0.2) is 42.5 Å². The van der Waals surface area contributed by atoms with Crippen molar-refractivity contribution in [2.45, 2.75) is 33.4 Å². The van der Waals surface area contributed by atoms with Crippen LogP contribution in [-0.2, 0) is 20.6 Å². The fraction of sp³-hybridized carbons (Fsp3) is 0.500. The van der Waals surface area contributed by atoms with Crippen LogP contribution in [0.1, 0.15) is 26.3 Å². The fourth-order valence-electron chi connectivity index (χ4n) is 1.83. The third kappa shape index (κ3) is 9.29. The van der Waals surface area contributed by atoms with Crippen molar-refractivity contribution in [2.24, 2.45) is 0 Å². The summed E-state index contributed by atoms with van der Waals surface area (Å²) in [7, 11) is -3.95. The van der Waals surface area contributed by atoms with Crippen LogP contribution >= 0.6 is 7.60 Å². The molecule has 0 aliphatic rings. The molecule has 0 aliphatic carbocycles. The maximum atomic E-state index is 12.1. The van der Waals surface area contributed by atoms with E-state index in [9.17, 15) is 19.0 Å². The summed E-state index contributed by atoms with van der Waals surface area (Å²) in [5.74, 6) is 0.184. The molecule has 0 aromatic heterocycles. The number of alkyl carbamates (subject to hydrolysis) is 2. The van der Waals surface area contributed by atoms with Crippen LogP contribution in [0.5, 0.6) is 5.75 Å². The second-order valence-electron chi connectivity index (χ2n) is 5.55. The summed E-state index contributed by atoms with van der Waals surface area (Å²) in [5, 5.41) is 4.92. The molecule has 0 saturated carbocycles. The van der Waals surface area contributed by atoms with Gasteiger partial charge in [0.2, 0.25) is 0 Å². The number of nitrogens with one attached hydrogen (secondary N) is 2. The van der Waals surface area contributed by atoms with Crippen molar-refractivity contribution in [3.63, 3.8) is 0 Å². The van der Waals surface area contributed by atoms with Gasteiger partial charge in [-0.25, -0.2) is 14.2 Å². The molecular weight excluding hydrogens is 363 g/mol. The van der Waals surface area contributed by atoms with Crippen molar-refractivity contribution in [2.75, 3.05) is 19.3 Å². The summed E-state index contributed by atoms with van der Waals surface area (Å²) in [6.07, 6.45) is -1.71. The van der Waals surface area contributed by atoms with E-state index in [0.29, 0.717) is 5.56 Å². The Morgan fingerprint density at radius 2 is 1.96 bits per heavy atom. The molecule has 0 bridgehead atoms. The van der Waals surface area contributed by atoms with Crippen LogP contribution in [0.2, 0.25) is 0 Å². The molecule has 2 amide bonds. The molecule has 0 aliphatic heterocycles. The molecule has 10 heteroatoms. The quantitative estimate of drug-likeness (QED) is 0.556. The van der Waals surface area contributed by atoms with Crippen LogP contribution in [0.4, 0.5) is 9.59 Å². The molecular formula is C16H25N2O7P. The number of rotatable bonds is 9. The normalized spacial score (nSPS) is 12.8. The van der Waals surface area contributed by atoms with Crippen LogP contribution in [0.25, 0.3) is 0 Å². The summed E-state index contributed by atoms with van der Waals surface area (Å²) in [5.41, 5.74) is 0.674. The number of hydrogen-bond donors (Lipinski definition) is 3. The lowest BCUT2D eigenvalue weighted by Crippen LogP contribution is -2.27. The molecule has 1 aromatic carbocycles. The monoisotopic (exact) mass is 388 g/mol. The van der Waals surface area contributed by atoms with Crippen molar-refractivity contribution in [3.8, 4) is 5.75 Å². The second-order valence-corrected chi connectivity index (χ2v) is 7.46. The van der Waals surface area contributed by atoms with Gasteiger partial charge in [-0.15, -0.1) is 0 Å². The Bertz CT molecular complexity index is 651. The Labute approximate surface area is 152 Å². The summed E-state index contributed by atoms with van der Waals surface area (Å²) in [6.45, 7) is 5.47. The Balaban J connectivity index is 2.52. The molecule has 0 radical (unpaired) electrons. The maximum Gasteiger partial charge on any atom is 0.407 e. The number of amides is 2. The molecule has 0 fully saturated rings. The molecule has 0 spiro atoms. The van der Waals surface area contributed by atoms with E-state index in [1.165, 1.54) is 12.1 Å². The van der Waals surface area contributed by atoms with E-state index >= 15 is 0 Å². The lowest BCUT2D eigenvalue weighted by molar-refractivity contribution is 0.115. The predicted molar refractivity (Wildman–Crippen MR) is 95.2 cm³/mol. The second kappa shape index (κ2) is 10.7. The van der Waals surface area contributed by atoms with Gasteiger partial charge in [-0.05, 0) is 38.5 Å². The number of carbonyl (C=O) groups is 2. The minimum absolute atomic E-state index is 0.0606. The van der Waals surface area contributed by atoms with Gasteiger partial charge in [0.05, 0.1) is 18.9 Å². The smallest absolute Gasteiger partial charge is 0.407 e. The molecule has 1 aromatic rings. The number of benzene rings is 1. The standard InChI is InChI=1S/C16H25N2O7P/c1-4-23-15(19)17-8-9-26(21,22)25-14-7-5-6-13(10-14)11-18-16(20)24-12(2)3/h5-7,10,12H,4,8-9,11H2,1-3H3,(H,17,19)(H,18,20)(H,21,22). The first-order valence-corrected chi connectivity index (χ1v) is 9.93. The largest absolute Gasteiger partial charge is 0.450 e. The first-order chi connectivity index (χ1) is 12.2. The Hall–Kier alpha value is -2.25. The van der Waals surface area contributed by atoms with Crippen molar-refractivity contribution >= 4 is 19.8 Å². The van der Waals surface area contributed by atoms with Gasteiger partial charge in [0, 0.05) is 13.1 Å². The molecule has 0 saturated heterocycles. The Kier molecular flexibility index (Phi) is 8.95. The third-order valence-electron chi connectivity index (χ3n) is 2.87. The van der Waals surface area contributed by atoms with E-state index in [1.807, 2.05) is 0 Å².